The van der Waals surface area contributed by atoms with Crippen LogP contribution in [0.25, 0.3) is 0 Å². The third kappa shape index (κ3) is 3.51. The Balaban J connectivity index is 1.98. The van der Waals surface area contributed by atoms with Crippen LogP contribution < -0.4 is 9.47 Å². The highest BCUT2D eigenvalue weighted by Gasteiger charge is 2.11. The molecule has 2 aromatic rings. The summed E-state index contributed by atoms with van der Waals surface area (Å²) in [6.07, 6.45) is 0.795. The highest BCUT2D eigenvalue weighted by Crippen LogP contribution is 2.24. The Kier molecular flexibility index (Phi) is 4.60. The van der Waals surface area contributed by atoms with Crippen LogP contribution in [-0.4, -0.2) is 24.8 Å². The van der Waals surface area contributed by atoms with Gasteiger partial charge in [-0.2, -0.15) is 0 Å². The van der Waals surface area contributed by atoms with Crippen molar-refractivity contribution in [1.29, 1.82) is 0 Å². The number of hydrogen-bond acceptors (Lipinski definition) is 3. The van der Waals surface area contributed by atoms with Gasteiger partial charge in [0.15, 0.2) is 0 Å². The van der Waals surface area contributed by atoms with Gasteiger partial charge in [-0.05, 0) is 17.7 Å². The van der Waals surface area contributed by atoms with Crippen LogP contribution in [-0.2, 0) is 6.42 Å². The van der Waals surface area contributed by atoms with Crippen LogP contribution in [0.3, 0.4) is 0 Å². The van der Waals surface area contributed by atoms with Crippen molar-refractivity contribution in [2.24, 2.45) is 0 Å². The Hall–Kier alpha value is -2.49. The van der Waals surface area contributed by atoms with E-state index in [9.17, 15) is 4.79 Å². The molecule has 0 heterocycles. The van der Waals surface area contributed by atoms with E-state index in [4.69, 9.17) is 14.6 Å². The average Bonchev–Trinajstić information content (AvgIpc) is 2.48. The first-order chi connectivity index (χ1) is 9.70. The Bertz CT molecular complexity index is 578. The minimum atomic E-state index is -1.02. The lowest BCUT2D eigenvalue weighted by molar-refractivity contribution is 0.0693. The quantitative estimate of drug-likeness (QED) is 0.878. The molecule has 4 heteroatoms. The van der Waals surface area contributed by atoms with Crippen LogP contribution >= 0.6 is 0 Å². The highest BCUT2D eigenvalue weighted by molar-refractivity contribution is 5.91. The molecule has 0 unspecified atom stereocenters. The van der Waals surface area contributed by atoms with Crippen LogP contribution in [0, 0.1) is 0 Å². The predicted molar refractivity (Wildman–Crippen MR) is 75.6 cm³/mol. The van der Waals surface area contributed by atoms with Gasteiger partial charge in [0, 0.05) is 12.5 Å². The summed E-state index contributed by atoms with van der Waals surface area (Å²) in [4.78, 5) is 11.0. The fourth-order valence-corrected chi connectivity index (χ4v) is 1.87. The summed E-state index contributed by atoms with van der Waals surface area (Å²) in [5.74, 6) is -0.116. The van der Waals surface area contributed by atoms with Crippen LogP contribution in [0.1, 0.15) is 15.9 Å². The number of rotatable bonds is 6. The third-order valence-electron chi connectivity index (χ3n) is 2.91. The molecule has 104 valence electrons. The predicted octanol–water partition coefficient (Wildman–Crippen LogP) is 3.01. The molecule has 0 atom stereocenters. The number of aromatic carboxylic acids is 1. The monoisotopic (exact) mass is 272 g/mol. The number of hydrogen-bond donors (Lipinski definition) is 1. The lowest BCUT2D eigenvalue weighted by Crippen LogP contribution is -2.04. The van der Waals surface area contributed by atoms with Crippen molar-refractivity contribution in [2.45, 2.75) is 6.42 Å². The molecule has 2 rings (SSSR count). The van der Waals surface area contributed by atoms with Crippen LogP contribution in [0.15, 0.2) is 48.5 Å². The van der Waals surface area contributed by atoms with Gasteiger partial charge in [-0.25, -0.2) is 4.79 Å². The van der Waals surface area contributed by atoms with Gasteiger partial charge in [0.1, 0.15) is 17.1 Å². The molecule has 0 aromatic heterocycles. The molecule has 0 radical (unpaired) electrons. The van der Waals surface area contributed by atoms with E-state index in [2.05, 4.69) is 0 Å². The van der Waals surface area contributed by atoms with E-state index < -0.39 is 5.97 Å². The summed E-state index contributed by atoms with van der Waals surface area (Å²) >= 11 is 0. The molecule has 0 aliphatic heterocycles. The number of benzene rings is 2. The zero-order chi connectivity index (χ0) is 14.4. The Labute approximate surface area is 117 Å². The van der Waals surface area contributed by atoms with Crippen LogP contribution in [0.4, 0.5) is 0 Å². The molecule has 4 nitrogen and oxygen atoms in total. The summed E-state index contributed by atoms with van der Waals surface area (Å²) in [7, 11) is 1.44. The van der Waals surface area contributed by atoms with E-state index in [-0.39, 0.29) is 5.56 Å². The Morgan fingerprint density at radius 3 is 2.55 bits per heavy atom. The summed E-state index contributed by atoms with van der Waals surface area (Å²) in [6.45, 7) is 0.527. The molecular formula is C16H16O4. The molecule has 20 heavy (non-hydrogen) atoms. The summed E-state index contributed by atoms with van der Waals surface area (Å²) in [5, 5.41) is 8.99. The third-order valence-corrected chi connectivity index (χ3v) is 2.91. The maximum Gasteiger partial charge on any atom is 0.339 e. The van der Waals surface area contributed by atoms with E-state index in [1.54, 1.807) is 12.1 Å². The average molecular weight is 272 g/mol. The molecular weight excluding hydrogens is 256 g/mol. The molecule has 0 aliphatic rings. The van der Waals surface area contributed by atoms with Crippen LogP contribution in [0.2, 0.25) is 0 Å². The van der Waals surface area contributed by atoms with Crippen molar-refractivity contribution >= 4 is 5.97 Å². The standard InChI is InChI=1S/C16H16O4/c1-19-15-11-13(7-8-14(15)16(17)18)20-10-9-12-5-3-2-4-6-12/h2-8,11H,9-10H2,1H3,(H,17,18). The number of carbonyl (C=O) groups is 1. The summed E-state index contributed by atoms with van der Waals surface area (Å²) in [6, 6.07) is 14.7. The van der Waals surface area contributed by atoms with E-state index in [0.717, 1.165) is 6.42 Å². The van der Waals surface area contributed by atoms with E-state index in [0.29, 0.717) is 18.1 Å². The normalized spacial score (nSPS) is 10.1. The first kappa shape index (κ1) is 13.9. The maximum atomic E-state index is 11.0. The highest BCUT2D eigenvalue weighted by atomic mass is 16.5. The molecule has 1 N–H and O–H groups in total. The number of ether oxygens (including phenoxy) is 2. The van der Waals surface area contributed by atoms with Gasteiger partial charge in [-0.15, -0.1) is 0 Å². The smallest absolute Gasteiger partial charge is 0.339 e. The lowest BCUT2D eigenvalue weighted by Gasteiger charge is -2.09. The van der Waals surface area contributed by atoms with Crippen molar-refractivity contribution in [3.63, 3.8) is 0 Å². The molecule has 2 aromatic carbocycles. The van der Waals surface area contributed by atoms with Gasteiger partial charge < -0.3 is 14.6 Å². The Morgan fingerprint density at radius 1 is 1.15 bits per heavy atom. The molecule has 0 saturated carbocycles. The molecule has 0 fully saturated rings. The van der Waals surface area contributed by atoms with Crippen molar-refractivity contribution in [3.8, 4) is 11.5 Å². The largest absolute Gasteiger partial charge is 0.496 e. The second-order valence-corrected chi connectivity index (χ2v) is 4.25. The number of methoxy groups -OCH3 is 1. The number of carboxylic acids is 1. The first-order valence-corrected chi connectivity index (χ1v) is 6.29. The van der Waals surface area contributed by atoms with Crippen molar-refractivity contribution in [2.75, 3.05) is 13.7 Å². The van der Waals surface area contributed by atoms with Crippen molar-refractivity contribution < 1.29 is 19.4 Å². The molecule has 0 aliphatic carbocycles. The first-order valence-electron chi connectivity index (χ1n) is 6.29. The zero-order valence-corrected chi connectivity index (χ0v) is 11.2. The molecule has 0 bridgehead atoms. The lowest BCUT2D eigenvalue weighted by atomic mass is 10.1. The minimum Gasteiger partial charge on any atom is -0.496 e. The van der Waals surface area contributed by atoms with Gasteiger partial charge in [-0.3, -0.25) is 0 Å². The van der Waals surface area contributed by atoms with Crippen LogP contribution in [0.5, 0.6) is 11.5 Å². The number of carboxylic acid groups (broad SMARTS) is 1. The minimum absolute atomic E-state index is 0.128. The summed E-state index contributed by atoms with van der Waals surface area (Å²) in [5.41, 5.74) is 1.32. The van der Waals surface area contributed by atoms with E-state index in [1.807, 2.05) is 30.3 Å². The fraction of sp³-hybridized carbons (Fsp3) is 0.188. The van der Waals surface area contributed by atoms with E-state index in [1.165, 1.54) is 18.7 Å². The summed E-state index contributed by atoms with van der Waals surface area (Å²) < 4.78 is 10.7. The Morgan fingerprint density at radius 2 is 1.90 bits per heavy atom. The topological polar surface area (TPSA) is 55.8 Å². The molecule has 0 saturated heterocycles. The second kappa shape index (κ2) is 6.61. The second-order valence-electron chi connectivity index (χ2n) is 4.25. The van der Waals surface area contributed by atoms with Gasteiger partial charge in [-0.1, -0.05) is 30.3 Å². The fourth-order valence-electron chi connectivity index (χ4n) is 1.87. The van der Waals surface area contributed by atoms with Gasteiger partial charge >= 0.3 is 5.97 Å². The maximum absolute atomic E-state index is 11.0. The SMILES string of the molecule is COc1cc(OCCc2ccccc2)ccc1C(=O)O. The van der Waals surface area contributed by atoms with Gasteiger partial charge in [0.05, 0.1) is 13.7 Å². The van der Waals surface area contributed by atoms with Gasteiger partial charge in [0.2, 0.25) is 0 Å². The zero-order valence-electron chi connectivity index (χ0n) is 11.2. The van der Waals surface area contributed by atoms with Gasteiger partial charge in [0.25, 0.3) is 0 Å². The molecule has 0 amide bonds. The van der Waals surface area contributed by atoms with Crippen molar-refractivity contribution in [3.05, 3.63) is 59.7 Å². The molecule has 0 spiro atoms. The van der Waals surface area contributed by atoms with Crippen molar-refractivity contribution in [1.82, 2.24) is 0 Å². The van der Waals surface area contributed by atoms with E-state index >= 15 is 0 Å².